The van der Waals surface area contributed by atoms with Crippen molar-refractivity contribution < 1.29 is 14.6 Å². The van der Waals surface area contributed by atoms with E-state index < -0.39 is 0 Å². The molecule has 20 heavy (non-hydrogen) atoms. The van der Waals surface area contributed by atoms with Crippen molar-refractivity contribution >= 4 is 38.4 Å². The summed E-state index contributed by atoms with van der Waals surface area (Å²) in [4.78, 5) is 9.19. The predicted molar refractivity (Wildman–Crippen MR) is 81.9 cm³/mol. The molecular formula is C13H14N2O3S2. The molecule has 106 valence electrons. The van der Waals surface area contributed by atoms with E-state index in [9.17, 15) is 5.11 Å². The topological polar surface area (TPSA) is 63.9 Å². The molecule has 7 heteroatoms. The quantitative estimate of drug-likeness (QED) is 0.879. The number of thiazole rings is 1. The molecule has 0 radical (unpaired) electrons. The highest BCUT2D eigenvalue weighted by atomic mass is 32.2. The fourth-order valence-corrected chi connectivity index (χ4v) is 4.19. The molecule has 1 aromatic heterocycles. The standard InChI is InChI=1S/C13H14N2O3S2/c1-17-13(18-2)9-6-19-11(15-9)12-14-8-4-3-7(16)5-10(8)20-12/h3-5,9,13,16H,6H2,1-2H3. The minimum Gasteiger partial charge on any atom is -0.508 e. The van der Waals surface area contributed by atoms with Crippen LogP contribution in [0.25, 0.3) is 10.2 Å². The zero-order chi connectivity index (χ0) is 14.1. The highest BCUT2D eigenvalue weighted by Gasteiger charge is 2.28. The molecule has 1 aliphatic rings. The minimum atomic E-state index is -0.321. The summed E-state index contributed by atoms with van der Waals surface area (Å²) in [5.41, 5.74) is 0.879. The van der Waals surface area contributed by atoms with Crippen LogP contribution in [0.15, 0.2) is 23.2 Å². The summed E-state index contributed by atoms with van der Waals surface area (Å²) < 4.78 is 11.5. The third-order valence-electron chi connectivity index (χ3n) is 3.01. The molecule has 0 saturated heterocycles. The first kappa shape index (κ1) is 13.8. The van der Waals surface area contributed by atoms with Crippen LogP contribution < -0.4 is 0 Å². The van der Waals surface area contributed by atoms with Crippen molar-refractivity contribution in [2.45, 2.75) is 12.3 Å². The maximum absolute atomic E-state index is 9.49. The summed E-state index contributed by atoms with van der Waals surface area (Å²) in [6.45, 7) is 0. The Kier molecular flexibility index (Phi) is 3.93. The van der Waals surface area contributed by atoms with E-state index in [0.29, 0.717) is 0 Å². The van der Waals surface area contributed by atoms with E-state index in [1.54, 1.807) is 38.1 Å². The van der Waals surface area contributed by atoms with Crippen molar-refractivity contribution in [3.05, 3.63) is 23.2 Å². The van der Waals surface area contributed by atoms with Crippen molar-refractivity contribution in [3.8, 4) is 5.75 Å². The first-order chi connectivity index (χ1) is 9.71. The van der Waals surface area contributed by atoms with Crippen LogP contribution in [0.4, 0.5) is 0 Å². The molecule has 2 heterocycles. The van der Waals surface area contributed by atoms with Gasteiger partial charge in [0, 0.05) is 20.0 Å². The van der Waals surface area contributed by atoms with Gasteiger partial charge < -0.3 is 14.6 Å². The Hall–Kier alpha value is -1.15. The second-order valence-corrected chi connectivity index (χ2v) is 6.36. The van der Waals surface area contributed by atoms with Crippen LogP contribution in [0, 0.1) is 0 Å². The Labute approximate surface area is 124 Å². The van der Waals surface area contributed by atoms with E-state index >= 15 is 0 Å². The molecule has 2 aromatic rings. The van der Waals surface area contributed by atoms with Crippen LogP contribution >= 0.6 is 23.1 Å². The fraction of sp³-hybridized carbons (Fsp3) is 0.385. The molecule has 0 spiro atoms. The number of phenols is 1. The summed E-state index contributed by atoms with van der Waals surface area (Å²) in [5, 5.41) is 11.3. The zero-order valence-electron chi connectivity index (χ0n) is 11.1. The van der Waals surface area contributed by atoms with Gasteiger partial charge in [0.2, 0.25) is 0 Å². The molecule has 0 bridgehead atoms. The number of ether oxygens (including phenoxy) is 2. The monoisotopic (exact) mass is 310 g/mol. The highest BCUT2D eigenvalue weighted by molar-refractivity contribution is 8.15. The molecule has 1 atom stereocenters. The Morgan fingerprint density at radius 1 is 1.35 bits per heavy atom. The first-order valence-corrected chi connectivity index (χ1v) is 7.87. The number of aliphatic imine (C=N–C) groups is 1. The van der Waals surface area contributed by atoms with Gasteiger partial charge in [0.25, 0.3) is 0 Å². The summed E-state index contributed by atoms with van der Waals surface area (Å²) in [6.07, 6.45) is -0.321. The molecule has 1 unspecified atom stereocenters. The van der Waals surface area contributed by atoms with Crippen molar-refractivity contribution in [2.75, 3.05) is 20.0 Å². The van der Waals surface area contributed by atoms with Crippen LogP contribution in [-0.4, -0.2) is 47.4 Å². The van der Waals surface area contributed by atoms with E-state index in [2.05, 4.69) is 9.98 Å². The van der Waals surface area contributed by atoms with Gasteiger partial charge in [0.1, 0.15) is 21.8 Å². The van der Waals surface area contributed by atoms with Gasteiger partial charge in [-0.05, 0) is 18.2 Å². The van der Waals surface area contributed by atoms with Crippen molar-refractivity contribution in [2.24, 2.45) is 4.99 Å². The predicted octanol–water partition coefficient (Wildman–Crippen LogP) is 2.48. The van der Waals surface area contributed by atoms with Gasteiger partial charge in [-0.2, -0.15) is 0 Å². The highest BCUT2D eigenvalue weighted by Crippen LogP contribution is 2.32. The second-order valence-electron chi connectivity index (χ2n) is 4.32. The molecule has 0 amide bonds. The van der Waals surface area contributed by atoms with Gasteiger partial charge in [0.05, 0.1) is 10.2 Å². The lowest BCUT2D eigenvalue weighted by Gasteiger charge is -2.16. The number of fused-ring (bicyclic) bond motifs is 1. The number of aromatic hydroxyl groups is 1. The molecule has 0 aliphatic carbocycles. The van der Waals surface area contributed by atoms with Gasteiger partial charge in [-0.15, -0.1) is 23.1 Å². The first-order valence-electron chi connectivity index (χ1n) is 6.07. The van der Waals surface area contributed by atoms with Crippen LogP contribution in [0.3, 0.4) is 0 Å². The van der Waals surface area contributed by atoms with Crippen LogP contribution in [0.1, 0.15) is 5.01 Å². The normalized spacial score (nSPS) is 18.9. The Morgan fingerprint density at radius 2 is 2.15 bits per heavy atom. The van der Waals surface area contributed by atoms with Crippen molar-refractivity contribution in [1.29, 1.82) is 0 Å². The number of nitrogens with zero attached hydrogens (tertiary/aromatic N) is 2. The lowest BCUT2D eigenvalue weighted by molar-refractivity contribution is -0.111. The molecule has 0 saturated carbocycles. The lowest BCUT2D eigenvalue weighted by atomic mass is 10.3. The molecule has 0 fully saturated rings. The third-order valence-corrected chi connectivity index (χ3v) is 5.24. The molecular weight excluding hydrogens is 296 g/mol. The maximum Gasteiger partial charge on any atom is 0.179 e. The number of hydrogen-bond donors (Lipinski definition) is 1. The van der Waals surface area contributed by atoms with Gasteiger partial charge in [0.15, 0.2) is 6.29 Å². The van der Waals surface area contributed by atoms with E-state index in [1.165, 1.54) is 11.3 Å². The number of aromatic nitrogens is 1. The van der Waals surface area contributed by atoms with E-state index in [-0.39, 0.29) is 18.1 Å². The second kappa shape index (κ2) is 5.69. The number of thioether (sulfide) groups is 1. The number of benzene rings is 1. The average molecular weight is 310 g/mol. The van der Waals surface area contributed by atoms with E-state index in [4.69, 9.17) is 9.47 Å². The third kappa shape index (κ3) is 2.54. The Morgan fingerprint density at radius 3 is 2.90 bits per heavy atom. The molecule has 5 nitrogen and oxygen atoms in total. The number of rotatable bonds is 4. The minimum absolute atomic E-state index is 0.00887. The zero-order valence-corrected chi connectivity index (χ0v) is 12.7. The molecule has 1 aliphatic heterocycles. The van der Waals surface area contributed by atoms with Crippen LogP contribution in [0.5, 0.6) is 5.75 Å². The SMILES string of the molecule is COC(OC)C1CSC(c2nc3ccc(O)cc3s2)=N1. The number of methoxy groups -OCH3 is 2. The van der Waals surface area contributed by atoms with Gasteiger partial charge in [-0.3, -0.25) is 4.99 Å². The van der Waals surface area contributed by atoms with Gasteiger partial charge in [-0.25, -0.2) is 4.98 Å². The largest absolute Gasteiger partial charge is 0.508 e. The lowest BCUT2D eigenvalue weighted by Crippen LogP contribution is -2.28. The number of phenolic OH excluding ortho intramolecular Hbond substituents is 1. The van der Waals surface area contributed by atoms with E-state index in [0.717, 1.165) is 26.0 Å². The number of hydrogen-bond acceptors (Lipinski definition) is 7. The fourth-order valence-electron chi connectivity index (χ4n) is 2.06. The van der Waals surface area contributed by atoms with E-state index in [1.807, 2.05) is 6.07 Å². The smallest absolute Gasteiger partial charge is 0.179 e. The average Bonchev–Trinajstić information content (AvgIpc) is 3.06. The van der Waals surface area contributed by atoms with Crippen molar-refractivity contribution in [1.82, 2.24) is 4.98 Å². The van der Waals surface area contributed by atoms with Gasteiger partial charge in [-0.1, -0.05) is 0 Å². The van der Waals surface area contributed by atoms with Crippen molar-refractivity contribution in [3.63, 3.8) is 0 Å². The maximum atomic E-state index is 9.49. The summed E-state index contributed by atoms with van der Waals surface area (Å²) in [5.74, 6) is 1.08. The molecule has 1 N–H and O–H groups in total. The molecule has 1 aromatic carbocycles. The Balaban J connectivity index is 1.89. The summed E-state index contributed by atoms with van der Waals surface area (Å²) >= 11 is 3.19. The molecule has 3 rings (SSSR count). The summed E-state index contributed by atoms with van der Waals surface area (Å²) in [7, 11) is 3.24. The Bertz CT molecular complexity index is 652. The van der Waals surface area contributed by atoms with Crippen LogP contribution in [0.2, 0.25) is 0 Å². The summed E-state index contributed by atoms with van der Waals surface area (Å²) in [6, 6.07) is 5.17. The van der Waals surface area contributed by atoms with Crippen LogP contribution in [-0.2, 0) is 9.47 Å². The van der Waals surface area contributed by atoms with Gasteiger partial charge >= 0.3 is 0 Å².